The average molecular weight is 296 g/mol. The molecule has 0 amide bonds. The van der Waals surface area contributed by atoms with Crippen molar-refractivity contribution in [2.75, 3.05) is 24.7 Å². The Hall–Kier alpha value is -1.76. The van der Waals surface area contributed by atoms with Crippen LogP contribution in [0.4, 0.5) is 11.6 Å². The first-order valence-corrected chi connectivity index (χ1v) is 7.48. The Bertz CT molecular complexity index is 501. The number of hydrogen-bond acceptors (Lipinski definition) is 6. The summed E-state index contributed by atoms with van der Waals surface area (Å²) in [5.74, 6) is 0.174. The van der Waals surface area contributed by atoms with Gasteiger partial charge in [0.05, 0.1) is 19.3 Å². The minimum Gasteiger partial charge on any atom is -0.465 e. The molecule has 7 nitrogen and oxygen atoms in total. The molecule has 1 aliphatic rings. The van der Waals surface area contributed by atoms with E-state index in [0.29, 0.717) is 12.4 Å². The number of hydrogen-bond donors (Lipinski definition) is 3. The van der Waals surface area contributed by atoms with Crippen LogP contribution in [0.15, 0.2) is 0 Å². The largest absolute Gasteiger partial charge is 0.465 e. The molecule has 0 radical (unpaired) electrons. The maximum atomic E-state index is 11.9. The number of aliphatic hydroxyl groups is 1. The molecule has 118 valence electrons. The fourth-order valence-corrected chi connectivity index (χ4v) is 2.75. The highest BCUT2D eigenvalue weighted by Crippen LogP contribution is 2.33. The molecule has 1 fully saturated rings. The van der Waals surface area contributed by atoms with E-state index < -0.39 is 12.1 Å². The third kappa shape index (κ3) is 3.12. The number of ether oxygens (including phenoxy) is 1. The van der Waals surface area contributed by atoms with E-state index in [0.717, 1.165) is 32.1 Å². The van der Waals surface area contributed by atoms with Gasteiger partial charge >= 0.3 is 5.97 Å². The number of carbonyl (C=O) groups is 1. The lowest BCUT2D eigenvalue weighted by molar-refractivity contribution is 0.0599. The van der Waals surface area contributed by atoms with Crippen molar-refractivity contribution in [3.05, 3.63) is 5.56 Å². The highest BCUT2D eigenvalue weighted by atomic mass is 16.5. The van der Waals surface area contributed by atoms with E-state index in [1.165, 1.54) is 7.11 Å². The van der Waals surface area contributed by atoms with Gasteiger partial charge in [0, 0.05) is 6.54 Å². The first-order valence-electron chi connectivity index (χ1n) is 7.48. The van der Waals surface area contributed by atoms with Gasteiger partial charge in [-0.25, -0.2) is 9.48 Å². The number of anilines is 2. The standard InChI is InChI=1S/C14H24N4O3/c1-3-8-16-13-11(14(20)21-2)12(15)18(17-13)9-6-4-5-7-10(9)19/h9-10,19H,3-8,15H2,1-2H3,(H,16,17). The van der Waals surface area contributed by atoms with Crippen LogP contribution in [0.1, 0.15) is 55.4 Å². The summed E-state index contributed by atoms with van der Waals surface area (Å²) >= 11 is 0. The van der Waals surface area contributed by atoms with Gasteiger partial charge in [-0.15, -0.1) is 0 Å². The number of aromatic nitrogens is 2. The number of esters is 1. The van der Waals surface area contributed by atoms with Gasteiger partial charge in [-0.3, -0.25) is 0 Å². The lowest BCUT2D eigenvalue weighted by atomic mass is 9.93. The summed E-state index contributed by atoms with van der Waals surface area (Å²) in [4.78, 5) is 11.9. The molecule has 21 heavy (non-hydrogen) atoms. The topological polar surface area (TPSA) is 102 Å². The summed E-state index contributed by atoms with van der Waals surface area (Å²) in [6.07, 6.45) is 3.98. The second-order valence-corrected chi connectivity index (χ2v) is 5.39. The van der Waals surface area contributed by atoms with E-state index in [1.807, 2.05) is 6.92 Å². The summed E-state index contributed by atoms with van der Waals surface area (Å²) < 4.78 is 6.37. The minimum absolute atomic E-state index is 0.181. The van der Waals surface area contributed by atoms with Crippen LogP contribution in [0.3, 0.4) is 0 Å². The van der Waals surface area contributed by atoms with Crippen LogP contribution in [0, 0.1) is 0 Å². The summed E-state index contributed by atoms with van der Waals surface area (Å²) in [7, 11) is 1.32. The number of nitrogens with two attached hydrogens (primary N) is 1. The Kier molecular flexibility index (Phi) is 5.06. The van der Waals surface area contributed by atoms with Gasteiger partial charge in [-0.05, 0) is 19.3 Å². The van der Waals surface area contributed by atoms with Gasteiger partial charge < -0.3 is 20.9 Å². The van der Waals surface area contributed by atoms with E-state index in [4.69, 9.17) is 10.5 Å². The van der Waals surface area contributed by atoms with Crippen molar-refractivity contribution in [3.8, 4) is 0 Å². The Labute approximate surface area is 124 Å². The van der Waals surface area contributed by atoms with Crippen molar-refractivity contribution in [1.29, 1.82) is 0 Å². The van der Waals surface area contributed by atoms with Crippen molar-refractivity contribution in [2.45, 2.75) is 51.2 Å². The lowest BCUT2D eigenvalue weighted by Crippen LogP contribution is -2.29. The highest BCUT2D eigenvalue weighted by molar-refractivity contribution is 5.99. The van der Waals surface area contributed by atoms with Gasteiger partial charge in [-0.2, -0.15) is 5.10 Å². The Morgan fingerprint density at radius 2 is 2.24 bits per heavy atom. The fraction of sp³-hybridized carbons (Fsp3) is 0.714. The van der Waals surface area contributed by atoms with Gasteiger partial charge in [-0.1, -0.05) is 19.8 Å². The SMILES string of the molecule is CCCNc1nn(C2CCCCC2O)c(N)c1C(=O)OC. The summed E-state index contributed by atoms with van der Waals surface area (Å²) in [5, 5.41) is 17.7. The number of methoxy groups -OCH3 is 1. The normalized spacial score (nSPS) is 22.0. The Morgan fingerprint density at radius 3 is 2.86 bits per heavy atom. The number of rotatable bonds is 5. The zero-order chi connectivity index (χ0) is 15.4. The van der Waals surface area contributed by atoms with Gasteiger partial charge in [0.25, 0.3) is 0 Å². The van der Waals surface area contributed by atoms with Crippen LogP contribution in [-0.4, -0.2) is 40.6 Å². The van der Waals surface area contributed by atoms with Crippen LogP contribution in [0.5, 0.6) is 0 Å². The Balaban J connectivity index is 2.37. The number of nitrogens with zero attached hydrogens (tertiary/aromatic N) is 2. The minimum atomic E-state index is -0.511. The monoisotopic (exact) mass is 296 g/mol. The molecular weight excluding hydrogens is 272 g/mol. The zero-order valence-corrected chi connectivity index (χ0v) is 12.6. The molecule has 1 aromatic rings. The van der Waals surface area contributed by atoms with Crippen molar-refractivity contribution in [3.63, 3.8) is 0 Å². The molecule has 0 aromatic carbocycles. The molecule has 4 N–H and O–H groups in total. The molecule has 0 bridgehead atoms. The van der Waals surface area contributed by atoms with Crippen LogP contribution in [0.25, 0.3) is 0 Å². The number of nitrogens with one attached hydrogen (secondary N) is 1. The third-order valence-electron chi connectivity index (χ3n) is 3.89. The van der Waals surface area contributed by atoms with Gasteiger partial charge in [0.15, 0.2) is 5.82 Å². The van der Waals surface area contributed by atoms with Crippen molar-refractivity contribution in [2.24, 2.45) is 0 Å². The molecule has 2 rings (SSSR count). The van der Waals surface area contributed by atoms with Crippen LogP contribution < -0.4 is 11.1 Å². The maximum Gasteiger partial charge on any atom is 0.345 e. The molecule has 1 aromatic heterocycles. The summed E-state index contributed by atoms with van der Waals surface area (Å²) in [6.45, 7) is 2.71. The van der Waals surface area contributed by atoms with Crippen molar-refractivity contribution in [1.82, 2.24) is 9.78 Å². The number of aliphatic hydroxyl groups excluding tert-OH is 1. The van der Waals surface area contributed by atoms with E-state index >= 15 is 0 Å². The molecule has 2 unspecified atom stereocenters. The molecule has 7 heteroatoms. The molecule has 0 spiro atoms. The first-order chi connectivity index (χ1) is 10.1. The van der Waals surface area contributed by atoms with Crippen molar-refractivity contribution >= 4 is 17.6 Å². The molecule has 1 saturated carbocycles. The smallest absolute Gasteiger partial charge is 0.345 e. The zero-order valence-electron chi connectivity index (χ0n) is 12.6. The van der Waals surface area contributed by atoms with Gasteiger partial charge in [0.1, 0.15) is 11.4 Å². The third-order valence-corrected chi connectivity index (χ3v) is 3.89. The van der Waals surface area contributed by atoms with E-state index in [9.17, 15) is 9.90 Å². The van der Waals surface area contributed by atoms with Crippen LogP contribution in [-0.2, 0) is 4.74 Å². The second kappa shape index (κ2) is 6.80. The molecule has 2 atom stereocenters. The summed E-state index contributed by atoms with van der Waals surface area (Å²) in [5.41, 5.74) is 6.35. The first kappa shape index (κ1) is 15.6. The van der Waals surface area contributed by atoms with Crippen LogP contribution >= 0.6 is 0 Å². The lowest BCUT2D eigenvalue weighted by Gasteiger charge is -2.28. The fourth-order valence-electron chi connectivity index (χ4n) is 2.75. The molecule has 1 aliphatic carbocycles. The number of carbonyl (C=O) groups excluding carboxylic acids is 1. The Morgan fingerprint density at radius 1 is 1.52 bits per heavy atom. The molecule has 1 heterocycles. The van der Waals surface area contributed by atoms with E-state index in [2.05, 4.69) is 10.4 Å². The predicted molar refractivity (Wildman–Crippen MR) is 80.3 cm³/mol. The predicted octanol–water partition coefficient (Wildman–Crippen LogP) is 1.55. The van der Waals surface area contributed by atoms with Crippen LogP contribution in [0.2, 0.25) is 0 Å². The second-order valence-electron chi connectivity index (χ2n) is 5.39. The number of nitrogen functional groups attached to an aromatic ring is 1. The molecule has 0 aliphatic heterocycles. The molecule has 0 saturated heterocycles. The molecular formula is C14H24N4O3. The quantitative estimate of drug-likeness (QED) is 0.712. The van der Waals surface area contributed by atoms with E-state index in [1.54, 1.807) is 4.68 Å². The maximum absolute atomic E-state index is 11.9. The van der Waals surface area contributed by atoms with Crippen molar-refractivity contribution < 1.29 is 14.6 Å². The van der Waals surface area contributed by atoms with E-state index in [-0.39, 0.29) is 17.4 Å². The summed E-state index contributed by atoms with van der Waals surface area (Å²) in [6, 6.07) is -0.181. The highest BCUT2D eigenvalue weighted by Gasteiger charge is 2.31. The van der Waals surface area contributed by atoms with Gasteiger partial charge in [0.2, 0.25) is 0 Å². The average Bonchev–Trinajstić information content (AvgIpc) is 2.81.